The van der Waals surface area contributed by atoms with Crippen LogP contribution in [0.25, 0.3) is 0 Å². The standard InChI is InChI=1S/C11H9N3O2S/c15-10(14-16)8-4-1-2-5-9(8)17-11-12-6-3-7-13-11/h1-7,16H,(H,14,15). The fourth-order valence-corrected chi connectivity index (χ4v) is 2.08. The van der Waals surface area contributed by atoms with E-state index in [0.717, 1.165) is 0 Å². The summed E-state index contributed by atoms with van der Waals surface area (Å²) in [5, 5.41) is 9.19. The van der Waals surface area contributed by atoms with E-state index in [9.17, 15) is 4.79 Å². The van der Waals surface area contributed by atoms with E-state index in [2.05, 4.69) is 9.97 Å². The Labute approximate surface area is 102 Å². The van der Waals surface area contributed by atoms with E-state index >= 15 is 0 Å². The normalized spacial score (nSPS) is 9.94. The molecule has 2 aromatic rings. The second kappa shape index (κ2) is 5.42. The highest BCUT2D eigenvalue weighted by Gasteiger charge is 2.11. The lowest BCUT2D eigenvalue weighted by Crippen LogP contribution is -2.19. The minimum absolute atomic E-state index is 0.382. The van der Waals surface area contributed by atoms with Crippen LogP contribution in [0.4, 0.5) is 0 Å². The third-order valence-electron chi connectivity index (χ3n) is 1.98. The van der Waals surface area contributed by atoms with Crippen molar-refractivity contribution in [3.05, 3.63) is 48.3 Å². The maximum atomic E-state index is 11.4. The molecule has 6 heteroatoms. The first-order valence-electron chi connectivity index (χ1n) is 4.79. The summed E-state index contributed by atoms with van der Waals surface area (Å²) in [7, 11) is 0. The predicted molar refractivity (Wildman–Crippen MR) is 61.8 cm³/mol. The minimum atomic E-state index is -0.552. The van der Waals surface area contributed by atoms with Gasteiger partial charge in [0.15, 0.2) is 5.16 Å². The first kappa shape index (κ1) is 11.6. The number of hydrogen-bond acceptors (Lipinski definition) is 5. The van der Waals surface area contributed by atoms with Gasteiger partial charge in [-0.05, 0) is 30.0 Å². The van der Waals surface area contributed by atoms with Crippen molar-refractivity contribution in [3.8, 4) is 0 Å². The van der Waals surface area contributed by atoms with Crippen LogP contribution in [0.3, 0.4) is 0 Å². The quantitative estimate of drug-likeness (QED) is 0.491. The summed E-state index contributed by atoms with van der Waals surface area (Å²) in [5.41, 5.74) is 2.00. The van der Waals surface area contributed by atoms with Gasteiger partial charge < -0.3 is 0 Å². The maximum Gasteiger partial charge on any atom is 0.275 e. The van der Waals surface area contributed by atoms with Crippen molar-refractivity contribution in [1.82, 2.24) is 15.4 Å². The van der Waals surface area contributed by atoms with E-state index < -0.39 is 5.91 Å². The molecule has 0 aliphatic heterocycles. The number of aromatic nitrogens is 2. The molecule has 1 heterocycles. The van der Waals surface area contributed by atoms with Gasteiger partial charge in [-0.2, -0.15) is 0 Å². The summed E-state index contributed by atoms with van der Waals surface area (Å²) in [5.74, 6) is -0.552. The Bertz CT molecular complexity index is 519. The molecular weight excluding hydrogens is 238 g/mol. The summed E-state index contributed by atoms with van der Waals surface area (Å²) in [6.45, 7) is 0. The Morgan fingerprint density at radius 3 is 2.59 bits per heavy atom. The third kappa shape index (κ3) is 2.80. The van der Waals surface area contributed by atoms with Gasteiger partial charge in [0.2, 0.25) is 0 Å². The average molecular weight is 247 g/mol. The second-order valence-corrected chi connectivity index (χ2v) is 4.08. The van der Waals surface area contributed by atoms with E-state index in [1.807, 2.05) is 0 Å². The molecule has 0 saturated heterocycles. The highest BCUT2D eigenvalue weighted by molar-refractivity contribution is 7.99. The lowest BCUT2D eigenvalue weighted by atomic mass is 10.2. The van der Waals surface area contributed by atoms with Crippen LogP contribution in [0.1, 0.15) is 10.4 Å². The summed E-state index contributed by atoms with van der Waals surface area (Å²) in [4.78, 5) is 20.2. The van der Waals surface area contributed by atoms with Crippen molar-refractivity contribution in [1.29, 1.82) is 0 Å². The first-order valence-corrected chi connectivity index (χ1v) is 5.61. The highest BCUT2D eigenvalue weighted by Crippen LogP contribution is 2.27. The number of nitrogens with zero attached hydrogens (tertiary/aromatic N) is 2. The van der Waals surface area contributed by atoms with Gasteiger partial charge in [-0.1, -0.05) is 12.1 Å². The molecule has 1 amide bonds. The minimum Gasteiger partial charge on any atom is -0.288 e. The van der Waals surface area contributed by atoms with Gasteiger partial charge >= 0.3 is 0 Å². The maximum absolute atomic E-state index is 11.4. The van der Waals surface area contributed by atoms with Gasteiger partial charge in [0.05, 0.1) is 5.56 Å². The molecule has 86 valence electrons. The Morgan fingerprint density at radius 2 is 1.88 bits per heavy atom. The van der Waals surface area contributed by atoms with Gasteiger partial charge in [-0.25, -0.2) is 15.4 Å². The lowest BCUT2D eigenvalue weighted by Gasteiger charge is -2.05. The number of benzene rings is 1. The number of carbonyl (C=O) groups is 1. The number of amides is 1. The number of hydroxylamine groups is 1. The zero-order valence-electron chi connectivity index (χ0n) is 8.70. The molecular formula is C11H9N3O2S. The van der Waals surface area contributed by atoms with Crippen LogP contribution < -0.4 is 5.48 Å². The molecule has 2 N–H and O–H groups in total. The van der Waals surface area contributed by atoms with Crippen molar-refractivity contribution >= 4 is 17.7 Å². The van der Waals surface area contributed by atoms with Gasteiger partial charge in [-0.15, -0.1) is 0 Å². The molecule has 0 atom stereocenters. The molecule has 0 radical (unpaired) electrons. The topological polar surface area (TPSA) is 75.1 Å². The molecule has 0 saturated carbocycles. The molecule has 0 spiro atoms. The van der Waals surface area contributed by atoms with Crippen molar-refractivity contribution < 1.29 is 10.0 Å². The summed E-state index contributed by atoms with van der Waals surface area (Å²) >= 11 is 1.26. The summed E-state index contributed by atoms with van der Waals surface area (Å²) in [6.07, 6.45) is 3.26. The van der Waals surface area contributed by atoms with E-state index in [-0.39, 0.29) is 0 Å². The Kier molecular flexibility index (Phi) is 3.69. The van der Waals surface area contributed by atoms with Crippen LogP contribution in [-0.4, -0.2) is 21.1 Å². The van der Waals surface area contributed by atoms with E-state index in [1.54, 1.807) is 48.2 Å². The van der Waals surface area contributed by atoms with Gasteiger partial charge in [0.1, 0.15) is 0 Å². The molecule has 5 nitrogen and oxygen atoms in total. The largest absolute Gasteiger partial charge is 0.288 e. The van der Waals surface area contributed by atoms with Gasteiger partial charge in [0, 0.05) is 17.3 Å². The van der Waals surface area contributed by atoms with Crippen molar-refractivity contribution in [2.45, 2.75) is 10.1 Å². The Balaban J connectivity index is 2.30. The van der Waals surface area contributed by atoms with E-state index in [1.165, 1.54) is 11.8 Å². The van der Waals surface area contributed by atoms with Crippen LogP contribution >= 0.6 is 11.8 Å². The van der Waals surface area contributed by atoms with Crippen LogP contribution in [0.2, 0.25) is 0 Å². The smallest absolute Gasteiger partial charge is 0.275 e. The third-order valence-corrected chi connectivity index (χ3v) is 2.95. The summed E-state index contributed by atoms with van der Waals surface area (Å²) < 4.78 is 0. The second-order valence-electron chi connectivity index (χ2n) is 3.07. The Morgan fingerprint density at radius 1 is 1.18 bits per heavy atom. The van der Waals surface area contributed by atoms with Crippen LogP contribution in [0.15, 0.2) is 52.8 Å². The van der Waals surface area contributed by atoms with Crippen LogP contribution in [0, 0.1) is 0 Å². The van der Waals surface area contributed by atoms with Crippen molar-refractivity contribution in [2.24, 2.45) is 0 Å². The zero-order chi connectivity index (χ0) is 12.1. The highest BCUT2D eigenvalue weighted by atomic mass is 32.2. The SMILES string of the molecule is O=C(NO)c1ccccc1Sc1ncccn1. The van der Waals surface area contributed by atoms with Crippen molar-refractivity contribution in [2.75, 3.05) is 0 Å². The van der Waals surface area contributed by atoms with Crippen LogP contribution in [0.5, 0.6) is 0 Å². The number of nitrogens with one attached hydrogen (secondary N) is 1. The molecule has 17 heavy (non-hydrogen) atoms. The number of rotatable bonds is 3. The fourth-order valence-electron chi connectivity index (χ4n) is 1.24. The Hall–Kier alpha value is -1.92. The van der Waals surface area contributed by atoms with Gasteiger partial charge in [-0.3, -0.25) is 10.0 Å². The molecule has 0 fully saturated rings. The molecule has 0 aliphatic carbocycles. The lowest BCUT2D eigenvalue weighted by molar-refractivity contribution is 0.0703. The van der Waals surface area contributed by atoms with E-state index in [4.69, 9.17) is 5.21 Å². The summed E-state index contributed by atoms with van der Waals surface area (Å²) in [6, 6.07) is 8.64. The molecule has 0 bridgehead atoms. The average Bonchev–Trinajstić information content (AvgIpc) is 2.40. The monoisotopic (exact) mass is 247 g/mol. The zero-order valence-corrected chi connectivity index (χ0v) is 9.52. The molecule has 1 aromatic heterocycles. The molecule has 2 rings (SSSR count). The fraction of sp³-hybridized carbons (Fsp3) is 0. The van der Waals surface area contributed by atoms with Crippen molar-refractivity contribution in [3.63, 3.8) is 0 Å². The predicted octanol–water partition coefficient (Wildman–Crippen LogP) is 1.75. The molecule has 0 aliphatic rings. The molecule has 1 aromatic carbocycles. The number of hydrogen-bond donors (Lipinski definition) is 2. The first-order chi connectivity index (χ1) is 8.31. The molecule has 0 unspecified atom stereocenters. The van der Waals surface area contributed by atoms with E-state index in [0.29, 0.717) is 15.6 Å². The number of carbonyl (C=O) groups excluding carboxylic acids is 1. The van der Waals surface area contributed by atoms with Crippen LogP contribution in [-0.2, 0) is 0 Å². The van der Waals surface area contributed by atoms with Gasteiger partial charge in [0.25, 0.3) is 5.91 Å².